The third kappa shape index (κ3) is 8.61. The molecular formula is C25H30N2NiO2S2. The predicted octanol–water partition coefficient (Wildman–Crippen LogP) is 7.20. The van der Waals surface area contributed by atoms with E-state index in [4.69, 9.17) is 15.1 Å². The number of aliphatic imine (C=N–C) groups is 2. The monoisotopic (exact) mass is 512 g/mol. The van der Waals surface area contributed by atoms with Crippen molar-refractivity contribution < 1.29 is 26.4 Å². The van der Waals surface area contributed by atoms with E-state index in [0.29, 0.717) is 0 Å². The summed E-state index contributed by atoms with van der Waals surface area (Å²) in [6.45, 7) is 11.3. The van der Waals surface area contributed by atoms with Crippen LogP contribution < -0.4 is 0 Å². The molecule has 32 heavy (non-hydrogen) atoms. The van der Waals surface area contributed by atoms with Crippen LogP contribution in [0.5, 0.6) is 0 Å². The number of aliphatic hydroxyl groups is 1. The second-order valence-electron chi connectivity index (χ2n) is 7.41. The molecule has 0 atom stereocenters. The quantitative estimate of drug-likeness (QED) is 0.268. The Kier molecular flexibility index (Phi) is 12.1. The number of carbonyl (C=O) groups excluding carboxylic acids is 1. The fourth-order valence-corrected chi connectivity index (χ4v) is 5.08. The van der Waals surface area contributed by atoms with E-state index in [2.05, 4.69) is 64.1 Å². The minimum Gasteiger partial charge on any atom is -0.512 e. The summed E-state index contributed by atoms with van der Waals surface area (Å²) in [4.78, 5) is 20.0. The first-order valence-corrected chi connectivity index (χ1v) is 12.1. The van der Waals surface area contributed by atoms with Crippen molar-refractivity contribution in [1.82, 2.24) is 0 Å². The summed E-state index contributed by atoms with van der Waals surface area (Å²) in [6, 6.07) is 12.7. The molecule has 0 aromatic heterocycles. The van der Waals surface area contributed by atoms with E-state index in [1.54, 1.807) is 0 Å². The van der Waals surface area contributed by atoms with Gasteiger partial charge in [-0.05, 0) is 63.8 Å². The van der Waals surface area contributed by atoms with Gasteiger partial charge in [-0.1, -0.05) is 36.4 Å². The van der Waals surface area contributed by atoms with Crippen LogP contribution in [0.4, 0.5) is 11.4 Å². The number of benzene rings is 2. The number of allylic oxidation sites excluding steroid dienone is 2. The summed E-state index contributed by atoms with van der Waals surface area (Å²) in [5.41, 5.74) is 7.01. The molecule has 3 rings (SSSR count). The van der Waals surface area contributed by atoms with Crippen LogP contribution in [-0.2, 0) is 21.3 Å². The van der Waals surface area contributed by atoms with E-state index >= 15 is 0 Å². The number of ketones is 1. The molecule has 0 unspecified atom stereocenters. The molecule has 1 N–H and O–H groups in total. The molecule has 0 spiro atoms. The zero-order valence-electron chi connectivity index (χ0n) is 19.3. The molecule has 0 saturated carbocycles. The number of nitrogens with zero attached hydrogens (tertiary/aromatic N) is 2. The molecule has 0 aliphatic carbocycles. The Labute approximate surface area is 210 Å². The van der Waals surface area contributed by atoms with Gasteiger partial charge in [-0.3, -0.25) is 4.79 Å². The Morgan fingerprint density at radius 1 is 0.812 bits per heavy atom. The minimum atomic E-state index is -0.125. The van der Waals surface area contributed by atoms with Crippen molar-refractivity contribution in [2.45, 2.75) is 41.5 Å². The number of aliphatic hydroxyl groups excluding tert-OH is 1. The molecule has 1 aliphatic heterocycles. The first-order chi connectivity index (χ1) is 14.7. The standard InChI is InChI=1S/C20H22N2S2.C5H8O2.Ni/c1-13-7-5-8-14(2)17(13)21-19-20(24-12-11-23-19)22-18-15(3)9-6-10-16(18)4;1-4(6)3-5(2)7;/h5-10H,11-12H2,1-4H3;3,6H,1-2H3;/b;4-3-;. The molecule has 1 heterocycles. The van der Waals surface area contributed by atoms with E-state index in [0.717, 1.165) is 33.0 Å². The van der Waals surface area contributed by atoms with Crippen LogP contribution in [0.3, 0.4) is 0 Å². The van der Waals surface area contributed by atoms with Gasteiger partial charge in [0.05, 0.1) is 17.1 Å². The topological polar surface area (TPSA) is 62.0 Å². The molecule has 1 aliphatic rings. The molecule has 1 fully saturated rings. The fourth-order valence-electron chi connectivity index (χ4n) is 3.02. The number of aryl methyl sites for hydroxylation is 4. The second kappa shape index (κ2) is 13.7. The molecule has 2 aromatic carbocycles. The van der Waals surface area contributed by atoms with Crippen LogP contribution in [0.2, 0.25) is 0 Å². The third-order valence-corrected chi connectivity index (χ3v) is 6.78. The first-order valence-electron chi connectivity index (χ1n) is 10.1. The molecule has 4 nitrogen and oxygen atoms in total. The van der Waals surface area contributed by atoms with Gasteiger partial charge in [0, 0.05) is 34.1 Å². The van der Waals surface area contributed by atoms with Crippen molar-refractivity contribution in [2.24, 2.45) is 9.98 Å². The molecule has 0 amide bonds. The van der Waals surface area contributed by atoms with Crippen molar-refractivity contribution in [3.05, 3.63) is 70.5 Å². The average molecular weight is 513 g/mol. The molecule has 7 heteroatoms. The van der Waals surface area contributed by atoms with Gasteiger partial charge >= 0.3 is 0 Å². The van der Waals surface area contributed by atoms with Crippen molar-refractivity contribution >= 4 is 50.8 Å². The smallest absolute Gasteiger partial charge is 0.155 e. The molecule has 2 aromatic rings. The zero-order chi connectivity index (χ0) is 23.0. The molecule has 1 saturated heterocycles. The number of para-hydroxylation sites is 2. The van der Waals surface area contributed by atoms with Gasteiger partial charge in [-0.15, -0.1) is 23.5 Å². The largest absolute Gasteiger partial charge is 0.512 e. The van der Waals surface area contributed by atoms with Crippen LogP contribution in [-0.4, -0.2) is 32.5 Å². The van der Waals surface area contributed by atoms with Crippen molar-refractivity contribution in [3.63, 3.8) is 0 Å². The Morgan fingerprint density at radius 2 is 1.16 bits per heavy atom. The van der Waals surface area contributed by atoms with Gasteiger partial charge in [-0.25, -0.2) is 9.98 Å². The van der Waals surface area contributed by atoms with E-state index in [1.165, 1.54) is 42.2 Å². The number of rotatable bonds is 3. The maximum Gasteiger partial charge on any atom is 0.155 e. The van der Waals surface area contributed by atoms with Crippen molar-refractivity contribution in [1.29, 1.82) is 0 Å². The number of hydrogen-bond acceptors (Lipinski definition) is 6. The summed E-state index contributed by atoms with van der Waals surface area (Å²) < 4.78 is 0. The Balaban J connectivity index is 0.000000558. The molecule has 0 bridgehead atoms. The summed E-state index contributed by atoms with van der Waals surface area (Å²) in [5.74, 6) is 2.10. The normalized spacial score (nSPS) is 16.2. The number of hydrogen-bond donors (Lipinski definition) is 1. The zero-order valence-corrected chi connectivity index (χ0v) is 22.0. The summed E-state index contributed by atoms with van der Waals surface area (Å²) >= 11 is 3.63. The third-order valence-electron chi connectivity index (χ3n) is 4.46. The van der Waals surface area contributed by atoms with Gasteiger partial charge in [-0.2, -0.15) is 0 Å². The van der Waals surface area contributed by atoms with Crippen molar-refractivity contribution in [3.8, 4) is 0 Å². The Morgan fingerprint density at radius 3 is 1.41 bits per heavy atom. The fraction of sp³-hybridized carbons (Fsp3) is 0.320. The van der Waals surface area contributed by atoms with E-state index in [-0.39, 0.29) is 28.0 Å². The molecule has 174 valence electrons. The number of carbonyl (C=O) groups is 1. The summed E-state index contributed by atoms with van der Waals surface area (Å²) in [7, 11) is 0. The van der Waals surface area contributed by atoms with Crippen LogP contribution in [0.15, 0.2) is 58.2 Å². The van der Waals surface area contributed by atoms with Gasteiger partial charge in [0.2, 0.25) is 0 Å². The van der Waals surface area contributed by atoms with Crippen LogP contribution in [0, 0.1) is 27.7 Å². The average Bonchev–Trinajstić information content (AvgIpc) is 2.68. The first kappa shape index (κ1) is 28.2. The van der Waals surface area contributed by atoms with E-state index < -0.39 is 0 Å². The van der Waals surface area contributed by atoms with Gasteiger partial charge in [0.1, 0.15) is 10.1 Å². The van der Waals surface area contributed by atoms with Gasteiger partial charge < -0.3 is 5.11 Å². The van der Waals surface area contributed by atoms with Gasteiger partial charge in [0.15, 0.2) is 5.78 Å². The van der Waals surface area contributed by atoms with Gasteiger partial charge in [0.25, 0.3) is 0 Å². The SMILES string of the molecule is CC(=O)/C=C(/C)O.Cc1cccc(C)c1N=C1SCCSC1=Nc1c(C)cccc1C.[Ni]. The maximum atomic E-state index is 10.0. The minimum absolute atomic E-state index is 0. The van der Waals surface area contributed by atoms with Crippen LogP contribution in [0.25, 0.3) is 0 Å². The van der Waals surface area contributed by atoms with Crippen molar-refractivity contribution in [2.75, 3.05) is 11.5 Å². The summed E-state index contributed by atoms with van der Waals surface area (Å²) in [5, 5.41) is 10.5. The maximum absolute atomic E-state index is 10.0. The molecule has 0 radical (unpaired) electrons. The Hall–Kier alpha value is -1.82. The predicted molar refractivity (Wildman–Crippen MR) is 138 cm³/mol. The van der Waals surface area contributed by atoms with E-state index in [9.17, 15) is 4.79 Å². The summed E-state index contributed by atoms with van der Waals surface area (Å²) in [6.07, 6.45) is 1.17. The second-order valence-corrected chi connectivity index (χ2v) is 9.58. The Bertz CT molecular complexity index is 932. The molecular weight excluding hydrogens is 483 g/mol. The van der Waals surface area contributed by atoms with E-state index in [1.807, 2.05) is 23.5 Å². The van der Waals surface area contributed by atoms with Crippen LogP contribution in [0.1, 0.15) is 36.1 Å². The van der Waals surface area contributed by atoms with Crippen LogP contribution >= 0.6 is 23.5 Å². The number of thioether (sulfide) groups is 2.